The van der Waals surface area contributed by atoms with Crippen molar-refractivity contribution in [3.8, 4) is 0 Å². The molecule has 0 spiro atoms. The lowest BCUT2D eigenvalue weighted by atomic mass is 9.71. The first-order valence-electron chi connectivity index (χ1n) is 7.90. The van der Waals surface area contributed by atoms with Gasteiger partial charge in [-0.15, -0.1) is 0 Å². The second kappa shape index (κ2) is 7.28. The van der Waals surface area contributed by atoms with Crippen molar-refractivity contribution in [3.63, 3.8) is 0 Å². The van der Waals surface area contributed by atoms with Crippen LogP contribution >= 0.6 is 0 Å². The summed E-state index contributed by atoms with van der Waals surface area (Å²) in [7, 11) is 0. The molecule has 112 valence electrons. The third-order valence-electron chi connectivity index (χ3n) is 4.53. The fourth-order valence-corrected chi connectivity index (χ4v) is 3.11. The number of carbonyl (C=O) groups is 1. The van der Waals surface area contributed by atoms with Crippen LogP contribution in [0.1, 0.15) is 66.7 Å². The zero-order valence-corrected chi connectivity index (χ0v) is 13.3. The molecular weight excluding hydrogens is 238 g/mol. The van der Waals surface area contributed by atoms with Crippen LogP contribution in [-0.4, -0.2) is 24.2 Å². The van der Waals surface area contributed by atoms with Gasteiger partial charge in [-0.3, -0.25) is 10.1 Å². The van der Waals surface area contributed by atoms with Gasteiger partial charge in [0.05, 0.1) is 6.61 Å². The van der Waals surface area contributed by atoms with E-state index in [1.165, 1.54) is 6.42 Å². The summed E-state index contributed by atoms with van der Waals surface area (Å²) in [6.45, 7) is 11.2. The van der Waals surface area contributed by atoms with Crippen LogP contribution in [0.15, 0.2) is 0 Å². The molecule has 0 saturated heterocycles. The maximum atomic E-state index is 12.5. The second-order valence-corrected chi connectivity index (χ2v) is 6.36. The maximum absolute atomic E-state index is 12.5. The Morgan fingerprint density at radius 2 is 2.05 bits per heavy atom. The Kier molecular flexibility index (Phi) is 6.31. The molecule has 0 bridgehead atoms. The van der Waals surface area contributed by atoms with Gasteiger partial charge in [0.25, 0.3) is 0 Å². The molecule has 3 atom stereocenters. The summed E-state index contributed by atoms with van der Waals surface area (Å²) in [6, 6.07) is 0.357. The van der Waals surface area contributed by atoms with Gasteiger partial charge < -0.3 is 4.74 Å². The Morgan fingerprint density at radius 1 is 1.37 bits per heavy atom. The first kappa shape index (κ1) is 16.5. The topological polar surface area (TPSA) is 38.3 Å². The molecule has 0 radical (unpaired) electrons. The van der Waals surface area contributed by atoms with E-state index >= 15 is 0 Å². The van der Waals surface area contributed by atoms with Crippen molar-refractivity contribution in [1.29, 1.82) is 0 Å². The van der Waals surface area contributed by atoms with E-state index < -0.39 is 5.54 Å². The molecule has 0 aromatic heterocycles. The van der Waals surface area contributed by atoms with Crippen molar-refractivity contribution in [2.24, 2.45) is 11.8 Å². The van der Waals surface area contributed by atoms with Gasteiger partial charge in [-0.1, -0.05) is 33.6 Å². The Hall–Kier alpha value is -0.570. The average molecular weight is 269 g/mol. The molecule has 3 heteroatoms. The first-order chi connectivity index (χ1) is 8.95. The highest BCUT2D eigenvalue weighted by molar-refractivity contribution is 5.81. The standard InChI is InChI=1S/C16H31NO2/c1-6-13(5)17-16(15(18)19-7-2)10-8-9-14(11-16)12(3)4/h12-14,17H,6-11H2,1-5H3. The number of hydrogen-bond acceptors (Lipinski definition) is 3. The lowest BCUT2D eigenvalue weighted by molar-refractivity contribution is -0.154. The van der Waals surface area contributed by atoms with Crippen LogP contribution in [0.5, 0.6) is 0 Å². The monoisotopic (exact) mass is 269 g/mol. The molecule has 0 aromatic rings. The van der Waals surface area contributed by atoms with Gasteiger partial charge in [0, 0.05) is 6.04 Å². The van der Waals surface area contributed by atoms with E-state index in [0.29, 0.717) is 24.5 Å². The number of ether oxygens (including phenoxy) is 1. The molecule has 1 N–H and O–H groups in total. The van der Waals surface area contributed by atoms with Crippen molar-refractivity contribution in [2.75, 3.05) is 6.61 Å². The minimum absolute atomic E-state index is 0.0411. The van der Waals surface area contributed by atoms with Crippen LogP contribution in [0.2, 0.25) is 0 Å². The van der Waals surface area contributed by atoms with Gasteiger partial charge in [0.1, 0.15) is 5.54 Å². The van der Waals surface area contributed by atoms with Crippen LogP contribution in [0.25, 0.3) is 0 Å². The number of rotatable bonds is 6. The van der Waals surface area contributed by atoms with Crippen molar-refractivity contribution in [3.05, 3.63) is 0 Å². The van der Waals surface area contributed by atoms with Gasteiger partial charge in [-0.25, -0.2) is 0 Å². The Morgan fingerprint density at radius 3 is 2.58 bits per heavy atom. The molecule has 1 aliphatic rings. The number of nitrogens with one attached hydrogen (secondary N) is 1. The number of carbonyl (C=O) groups excluding carboxylic acids is 1. The van der Waals surface area contributed by atoms with E-state index in [0.717, 1.165) is 25.7 Å². The third-order valence-corrected chi connectivity index (χ3v) is 4.53. The van der Waals surface area contributed by atoms with Crippen molar-refractivity contribution in [1.82, 2.24) is 5.32 Å². The molecule has 0 aromatic carbocycles. The second-order valence-electron chi connectivity index (χ2n) is 6.36. The summed E-state index contributed by atoms with van der Waals surface area (Å²) in [5.74, 6) is 1.21. The lowest BCUT2D eigenvalue weighted by Crippen LogP contribution is -2.58. The molecule has 0 aliphatic heterocycles. The number of esters is 1. The molecule has 1 aliphatic carbocycles. The van der Waals surface area contributed by atoms with Crippen LogP contribution in [0.4, 0.5) is 0 Å². The van der Waals surface area contributed by atoms with Crippen molar-refractivity contribution in [2.45, 2.75) is 78.3 Å². The summed E-state index contributed by atoms with van der Waals surface area (Å²) in [6.07, 6.45) is 5.23. The van der Waals surface area contributed by atoms with Crippen molar-refractivity contribution < 1.29 is 9.53 Å². The van der Waals surface area contributed by atoms with Gasteiger partial charge >= 0.3 is 5.97 Å². The summed E-state index contributed by atoms with van der Waals surface area (Å²) in [5.41, 5.74) is -0.446. The SMILES string of the molecule is CCOC(=O)C1(NC(C)CC)CCCC(C(C)C)C1. The molecule has 3 nitrogen and oxygen atoms in total. The molecular formula is C16H31NO2. The highest BCUT2D eigenvalue weighted by atomic mass is 16.5. The van der Waals surface area contributed by atoms with E-state index in [1.54, 1.807) is 0 Å². The van der Waals surface area contributed by atoms with Crippen molar-refractivity contribution >= 4 is 5.97 Å². The third kappa shape index (κ3) is 4.20. The van der Waals surface area contributed by atoms with Crippen LogP contribution in [0, 0.1) is 11.8 Å². The molecule has 1 rings (SSSR count). The zero-order chi connectivity index (χ0) is 14.5. The Labute approximate surface area is 118 Å². The highest BCUT2D eigenvalue weighted by Gasteiger charge is 2.44. The zero-order valence-electron chi connectivity index (χ0n) is 13.3. The van der Waals surface area contributed by atoms with E-state index in [4.69, 9.17) is 4.74 Å². The summed E-state index contributed by atoms with van der Waals surface area (Å²) in [5, 5.41) is 3.58. The maximum Gasteiger partial charge on any atom is 0.326 e. The molecule has 0 heterocycles. The van der Waals surface area contributed by atoms with Gasteiger partial charge in [0.15, 0.2) is 0 Å². The number of hydrogen-bond donors (Lipinski definition) is 1. The molecule has 0 amide bonds. The van der Waals surface area contributed by atoms with Crippen LogP contribution in [-0.2, 0) is 9.53 Å². The summed E-state index contributed by atoms with van der Waals surface area (Å²) >= 11 is 0. The van der Waals surface area contributed by atoms with E-state index in [9.17, 15) is 4.79 Å². The van der Waals surface area contributed by atoms with Crippen LogP contribution in [0.3, 0.4) is 0 Å². The fourth-order valence-electron chi connectivity index (χ4n) is 3.11. The lowest BCUT2D eigenvalue weighted by Gasteiger charge is -2.42. The summed E-state index contributed by atoms with van der Waals surface area (Å²) < 4.78 is 5.36. The Balaban J connectivity index is 2.87. The smallest absolute Gasteiger partial charge is 0.326 e. The van der Waals surface area contributed by atoms with Gasteiger partial charge in [0.2, 0.25) is 0 Å². The normalized spacial score (nSPS) is 29.3. The largest absolute Gasteiger partial charge is 0.465 e. The van der Waals surface area contributed by atoms with E-state index in [1.807, 2.05) is 6.92 Å². The molecule has 19 heavy (non-hydrogen) atoms. The molecule has 1 fully saturated rings. The summed E-state index contributed by atoms with van der Waals surface area (Å²) in [4.78, 5) is 12.5. The van der Waals surface area contributed by atoms with Gasteiger partial charge in [-0.05, 0) is 44.9 Å². The average Bonchev–Trinajstić information content (AvgIpc) is 2.39. The van der Waals surface area contributed by atoms with E-state index in [-0.39, 0.29) is 5.97 Å². The fraction of sp³-hybridized carbons (Fsp3) is 0.938. The predicted octanol–water partition coefficient (Wildman–Crippen LogP) is 3.52. The molecule has 3 unspecified atom stereocenters. The minimum atomic E-state index is -0.446. The van der Waals surface area contributed by atoms with Crippen LogP contribution < -0.4 is 5.32 Å². The quantitative estimate of drug-likeness (QED) is 0.750. The first-order valence-corrected chi connectivity index (χ1v) is 7.90. The Bertz CT molecular complexity index is 290. The van der Waals surface area contributed by atoms with Gasteiger partial charge in [-0.2, -0.15) is 0 Å². The minimum Gasteiger partial charge on any atom is -0.465 e. The predicted molar refractivity (Wildman–Crippen MR) is 79.0 cm³/mol. The molecule has 1 saturated carbocycles. The van der Waals surface area contributed by atoms with E-state index in [2.05, 4.69) is 33.0 Å². The highest BCUT2D eigenvalue weighted by Crippen LogP contribution is 2.37.